The highest BCUT2D eigenvalue weighted by Crippen LogP contribution is 2.15. The zero-order valence-corrected chi connectivity index (χ0v) is 12.2. The Hall–Kier alpha value is -1.36. The lowest BCUT2D eigenvalue weighted by molar-refractivity contribution is -0.126. The maximum Gasteiger partial charge on any atom is 0.247 e. The van der Waals surface area contributed by atoms with Crippen molar-refractivity contribution in [1.29, 1.82) is 0 Å². The topological polar surface area (TPSA) is 58.2 Å². The van der Waals surface area contributed by atoms with Gasteiger partial charge in [0.05, 0.1) is 0 Å². The fourth-order valence-corrected chi connectivity index (χ4v) is 1.77. The molecule has 0 aliphatic rings. The van der Waals surface area contributed by atoms with Crippen LogP contribution in [0.4, 0.5) is 5.69 Å². The first-order valence-corrected chi connectivity index (χ1v) is 6.53. The third-order valence-electron chi connectivity index (χ3n) is 2.42. The van der Waals surface area contributed by atoms with Crippen molar-refractivity contribution < 1.29 is 9.59 Å². The first kappa shape index (κ1) is 14.7. The van der Waals surface area contributed by atoms with E-state index in [1.165, 1.54) is 6.92 Å². The molecule has 1 atom stereocenters. The Balaban J connectivity index is 2.72. The number of amides is 2. The number of rotatable bonds is 4. The molecule has 0 radical (unpaired) electrons. The normalized spacial score (nSPS) is 12.1. The molecule has 0 saturated carbocycles. The first-order chi connectivity index (χ1) is 8.40. The number of carbonyl (C=O) groups is 2. The van der Waals surface area contributed by atoms with Crippen molar-refractivity contribution in [2.75, 3.05) is 5.32 Å². The second-order valence-electron chi connectivity index (χ2n) is 4.42. The molecule has 0 heterocycles. The Labute approximate surface area is 115 Å². The number of hydrogen-bond donors (Lipinski definition) is 2. The molecule has 1 rings (SSSR count). The number of nitrogens with one attached hydrogen (secondary N) is 2. The van der Waals surface area contributed by atoms with Crippen LogP contribution < -0.4 is 10.6 Å². The van der Waals surface area contributed by atoms with E-state index < -0.39 is 6.04 Å². The molecule has 0 spiro atoms. The summed E-state index contributed by atoms with van der Waals surface area (Å²) in [6.07, 6.45) is 0. The Morgan fingerprint density at radius 1 is 1.17 bits per heavy atom. The van der Waals surface area contributed by atoms with E-state index >= 15 is 0 Å². The predicted molar refractivity (Wildman–Crippen MR) is 75.2 cm³/mol. The van der Waals surface area contributed by atoms with Gasteiger partial charge < -0.3 is 10.6 Å². The van der Waals surface area contributed by atoms with Crippen molar-refractivity contribution in [3.05, 3.63) is 28.7 Å². The van der Waals surface area contributed by atoms with E-state index in [1.54, 1.807) is 12.1 Å². The van der Waals surface area contributed by atoms with Gasteiger partial charge in [0, 0.05) is 17.1 Å². The van der Waals surface area contributed by atoms with Gasteiger partial charge in [-0.25, -0.2) is 0 Å². The zero-order valence-electron chi connectivity index (χ0n) is 10.7. The molecule has 1 aromatic carbocycles. The maximum absolute atomic E-state index is 12.0. The minimum Gasteiger partial charge on any atom is -0.344 e. The summed E-state index contributed by atoms with van der Waals surface area (Å²) in [6.45, 7) is 5.19. The molecule has 0 saturated heterocycles. The molecule has 98 valence electrons. The van der Waals surface area contributed by atoms with Crippen molar-refractivity contribution in [3.8, 4) is 0 Å². The van der Waals surface area contributed by atoms with Gasteiger partial charge in [0.15, 0.2) is 0 Å². The van der Waals surface area contributed by atoms with E-state index in [0.29, 0.717) is 5.69 Å². The molecular weight excluding hydrogens is 296 g/mol. The second kappa shape index (κ2) is 6.54. The quantitative estimate of drug-likeness (QED) is 0.897. The third kappa shape index (κ3) is 4.49. The smallest absolute Gasteiger partial charge is 0.247 e. The average Bonchev–Trinajstić information content (AvgIpc) is 2.28. The zero-order chi connectivity index (χ0) is 13.7. The van der Waals surface area contributed by atoms with Crippen LogP contribution in [0.5, 0.6) is 0 Å². The summed E-state index contributed by atoms with van der Waals surface area (Å²) < 4.78 is 0.947. The SMILES string of the molecule is CC(=O)N[C@H](C(=O)Nc1ccc(Br)cc1)C(C)C. The molecule has 1 aromatic rings. The van der Waals surface area contributed by atoms with E-state index in [9.17, 15) is 9.59 Å². The number of halogens is 1. The summed E-state index contributed by atoms with van der Waals surface area (Å²) in [5.41, 5.74) is 0.708. The minimum atomic E-state index is -0.522. The van der Waals surface area contributed by atoms with Gasteiger partial charge in [-0.05, 0) is 30.2 Å². The summed E-state index contributed by atoms with van der Waals surface area (Å²) in [4.78, 5) is 23.1. The number of anilines is 1. The number of benzene rings is 1. The van der Waals surface area contributed by atoms with Gasteiger partial charge in [-0.3, -0.25) is 9.59 Å². The van der Waals surface area contributed by atoms with Gasteiger partial charge in [0.1, 0.15) is 6.04 Å². The van der Waals surface area contributed by atoms with Crippen LogP contribution in [0.3, 0.4) is 0 Å². The molecule has 18 heavy (non-hydrogen) atoms. The van der Waals surface area contributed by atoms with Gasteiger partial charge in [0.25, 0.3) is 0 Å². The highest BCUT2D eigenvalue weighted by molar-refractivity contribution is 9.10. The van der Waals surface area contributed by atoms with Gasteiger partial charge >= 0.3 is 0 Å². The van der Waals surface area contributed by atoms with E-state index in [4.69, 9.17) is 0 Å². The predicted octanol–water partition coefficient (Wildman–Crippen LogP) is 2.55. The number of hydrogen-bond acceptors (Lipinski definition) is 2. The highest BCUT2D eigenvalue weighted by Gasteiger charge is 2.22. The molecule has 5 heteroatoms. The lowest BCUT2D eigenvalue weighted by atomic mass is 10.0. The summed E-state index contributed by atoms with van der Waals surface area (Å²) in [5.74, 6) is -0.383. The fraction of sp³-hybridized carbons (Fsp3) is 0.385. The standard InChI is InChI=1S/C13H17BrN2O2/c1-8(2)12(15-9(3)17)13(18)16-11-6-4-10(14)5-7-11/h4-8,12H,1-3H3,(H,15,17)(H,16,18)/t12-/m0/s1. The van der Waals surface area contributed by atoms with Crippen LogP contribution in [0, 0.1) is 5.92 Å². The van der Waals surface area contributed by atoms with Crippen molar-refractivity contribution in [2.24, 2.45) is 5.92 Å². The van der Waals surface area contributed by atoms with Gasteiger partial charge in [-0.2, -0.15) is 0 Å². The van der Waals surface area contributed by atoms with Crippen molar-refractivity contribution in [1.82, 2.24) is 5.32 Å². The molecule has 0 aromatic heterocycles. The molecule has 4 nitrogen and oxygen atoms in total. The highest BCUT2D eigenvalue weighted by atomic mass is 79.9. The van der Waals surface area contributed by atoms with Crippen molar-refractivity contribution >= 4 is 33.4 Å². The van der Waals surface area contributed by atoms with Crippen LogP contribution in [0.2, 0.25) is 0 Å². The van der Waals surface area contributed by atoms with Crippen molar-refractivity contribution in [2.45, 2.75) is 26.8 Å². The third-order valence-corrected chi connectivity index (χ3v) is 2.95. The Morgan fingerprint density at radius 2 is 1.72 bits per heavy atom. The molecular formula is C13H17BrN2O2. The van der Waals surface area contributed by atoms with Crippen LogP contribution in [-0.4, -0.2) is 17.9 Å². The van der Waals surface area contributed by atoms with Gasteiger partial charge in [-0.1, -0.05) is 29.8 Å². The monoisotopic (exact) mass is 312 g/mol. The molecule has 2 N–H and O–H groups in total. The van der Waals surface area contributed by atoms with E-state index in [0.717, 1.165) is 4.47 Å². The van der Waals surface area contributed by atoms with Gasteiger partial charge in [-0.15, -0.1) is 0 Å². The van der Waals surface area contributed by atoms with E-state index in [2.05, 4.69) is 26.6 Å². The Bertz CT molecular complexity index is 429. The molecule has 0 bridgehead atoms. The molecule has 0 aliphatic heterocycles. The van der Waals surface area contributed by atoms with E-state index in [-0.39, 0.29) is 17.7 Å². The average molecular weight is 313 g/mol. The number of carbonyl (C=O) groups excluding carboxylic acids is 2. The summed E-state index contributed by atoms with van der Waals surface area (Å²) >= 11 is 3.33. The lowest BCUT2D eigenvalue weighted by Gasteiger charge is -2.20. The van der Waals surface area contributed by atoms with Crippen LogP contribution in [0.1, 0.15) is 20.8 Å². The molecule has 0 unspecified atom stereocenters. The van der Waals surface area contributed by atoms with Gasteiger partial charge in [0.2, 0.25) is 11.8 Å². The van der Waals surface area contributed by atoms with Crippen molar-refractivity contribution in [3.63, 3.8) is 0 Å². The summed E-state index contributed by atoms with van der Waals surface area (Å²) in [6, 6.07) is 6.77. The largest absolute Gasteiger partial charge is 0.344 e. The van der Waals surface area contributed by atoms with Crippen LogP contribution in [0.25, 0.3) is 0 Å². The second-order valence-corrected chi connectivity index (χ2v) is 5.33. The molecule has 2 amide bonds. The van der Waals surface area contributed by atoms with Crippen LogP contribution in [-0.2, 0) is 9.59 Å². The van der Waals surface area contributed by atoms with Crippen LogP contribution >= 0.6 is 15.9 Å². The Kier molecular flexibility index (Phi) is 5.34. The molecule has 0 aliphatic carbocycles. The maximum atomic E-state index is 12.0. The lowest BCUT2D eigenvalue weighted by Crippen LogP contribution is -2.46. The minimum absolute atomic E-state index is 0.0318. The van der Waals surface area contributed by atoms with Crippen LogP contribution in [0.15, 0.2) is 28.7 Å². The van der Waals surface area contributed by atoms with E-state index in [1.807, 2.05) is 26.0 Å². The molecule has 0 fully saturated rings. The summed E-state index contributed by atoms with van der Waals surface area (Å²) in [5, 5.41) is 5.43. The summed E-state index contributed by atoms with van der Waals surface area (Å²) in [7, 11) is 0. The Morgan fingerprint density at radius 3 is 2.17 bits per heavy atom. The fourth-order valence-electron chi connectivity index (χ4n) is 1.51. The first-order valence-electron chi connectivity index (χ1n) is 5.73.